The predicted octanol–water partition coefficient (Wildman–Crippen LogP) is 6.05. The van der Waals surface area contributed by atoms with Gasteiger partial charge in [-0.15, -0.1) is 0 Å². The Bertz CT molecular complexity index is 1030. The summed E-state index contributed by atoms with van der Waals surface area (Å²) in [5.41, 5.74) is -0.415. The van der Waals surface area contributed by atoms with Gasteiger partial charge in [0.05, 0.1) is 27.3 Å². The number of nitro groups is 1. The van der Waals surface area contributed by atoms with Crippen molar-refractivity contribution in [3.05, 3.63) is 63.7 Å². The number of benzene rings is 2. The number of non-ortho nitro benzene ring substituents is 1. The van der Waals surface area contributed by atoms with E-state index in [1.165, 1.54) is 18.2 Å². The molecule has 6 nitrogen and oxygen atoms in total. The third-order valence-corrected chi connectivity index (χ3v) is 6.79. The summed E-state index contributed by atoms with van der Waals surface area (Å²) in [6.07, 6.45) is 1.11. The summed E-state index contributed by atoms with van der Waals surface area (Å²) in [4.78, 5) is 26.1. The molecule has 1 aliphatic heterocycles. The molecule has 1 saturated heterocycles. The topological polar surface area (TPSA) is 75.5 Å². The third-order valence-electron chi connectivity index (χ3n) is 6.79. The average Bonchev–Trinajstić information content (AvgIpc) is 3.30. The van der Waals surface area contributed by atoms with E-state index in [-0.39, 0.29) is 17.3 Å². The van der Waals surface area contributed by atoms with Crippen LogP contribution in [-0.2, 0) is 16.4 Å². The van der Waals surface area contributed by atoms with Gasteiger partial charge in [-0.25, -0.2) is 0 Å². The summed E-state index contributed by atoms with van der Waals surface area (Å²) >= 11 is 0. The molecule has 1 aliphatic carbocycles. The number of rotatable bonds is 5. The van der Waals surface area contributed by atoms with Gasteiger partial charge < -0.3 is 10.2 Å². The van der Waals surface area contributed by atoms with Gasteiger partial charge in [-0.2, -0.15) is 13.2 Å². The zero-order chi connectivity index (χ0) is 23.6. The quantitative estimate of drug-likeness (QED) is 0.434. The molecule has 9 heteroatoms. The number of carbonyl (C=O) groups is 1. The molecule has 1 saturated carbocycles. The highest BCUT2D eigenvalue weighted by Crippen LogP contribution is 2.44. The van der Waals surface area contributed by atoms with E-state index < -0.39 is 22.1 Å². The maximum absolute atomic E-state index is 13.6. The number of piperidine rings is 1. The lowest BCUT2D eigenvalue weighted by Gasteiger charge is -2.33. The standard InChI is InChI=1S/C24H26F3N3O3/c25-24(26,27)18-8-11-21(29-14-4-1-5-15-29)20(16-18)28-22(31)23(12-2-3-13-23)17-6-9-19(10-7-17)30(32)33/h6-11,16H,1-5,12-15H2,(H,28,31). The van der Waals surface area contributed by atoms with E-state index in [2.05, 4.69) is 5.32 Å². The van der Waals surface area contributed by atoms with Crippen molar-refractivity contribution in [2.24, 2.45) is 0 Å². The Morgan fingerprint density at radius 1 is 0.970 bits per heavy atom. The second kappa shape index (κ2) is 9.03. The highest BCUT2D eigenvalue weighted by Gasteiger charge is 2.43. The summed E-state index contributed by atoms with van der Waals surface area (Å²) in [7, 11) is 0. The summed E-state index contributed by atoms with van der Waals surface area (Å²) in [6.45, 7) is 1.45. The van der Waals surface area contributed by atoms with E-state index in [0.717, 1.165) is 57.3 Å². The van der Waals surface area contributed by atoms with Crippen molar-refractivity contribution in [1.82, 2.24) is 0 Å². The van der Waals surface area contributed by atoms with E-state index in [4.69, 9.17) is 0 Å². The molecule has 2 aliphatic rings. The molecule has 0 radical (unpaired) electrons. The van der Waals surface area contributed by atoms with Crippen molar-refractivity contribution in [1.29, 1.82) is 0 Å². The van der Waals surface area contributed by atoms with Crippen molar-refractivity contribution in [2.45, 2.75) is 56.5 Å². The lowest BCUT2D eigenvalue weighted by atomic mass is 9.78. The molecule has 176 valence electrons. The number of anilines is 2. The van der Waals surface area contributed by atoms with E-state index in [9.17, 15) is 28.1 Å². The minimum Gasteiger partial charge on any atom is -0.370 e. The molecule has 1 heterocycles. The Labute approximate surface area is 189 Å². The second-order valence-electron chi connectivity index (χ2n) is 8.82. The van der Waals surface area contributed by atoms with Gasteiger partial charge in [0.25, 0.3) is 5.69 Å². The average molecular weight is 461 g/mol. The number of nitro benzene ring substituents is 1. The minimum atomic E-state index is -4.52. The second-order valence-corrected chi connectivity index (χ2v) is 8.82. The molecular weight excluding hydrogens is 435 g/mol. The number of carbonyl (C=O) groups excluding carboxylic acids is 1. The van der Waals surface area contributed by atoms with Crippen LogP contribution in [0.1, 0.15) is 56.1 Å². The van der Waals surface area contributed by atoms with Gasteiger partial charge >= 0.3 is 6.18 Å². The molecular formula is C24H26F3N3O3. The maximum Gasteiger partial charge on any atom is 0.416 e. The van der Waals surface area contributed by atoms with Crippen LogP contribution in [0.5, 0.6) is 0 Å². The first-order valence-electron chi connectivity index (χ1n) is 11.2. The van der Waals surface area contributed by atoms with Crippen LogP contribution in [0, 0.1) is 10.1 Å². The van der Waals surface area contributed by atoms with Crippen LogP contribution >= 0.6 is 0 Å². The predicted molar refractivity (Wildman–Crippen MR) is 119 cm³/mol. The molecule has 0 aromatic heterocycles. The Morgan fingerprint density at radius 2 is 1.61 bits per heavy atom. The van der Waals surface area contributed by atoms with Crippen LogP contribution in [0.3, 0.4) is 0 Å². The van der Waals surface area contributed by atoms with E-state index in [1.54, 1.807) is 12.1 Å². The molecule has 0 spiro atoms. The molecule has 0 bridgehead atoms. The lowest BCUT2D eigenvalue weighted by Crippen LogP contribution is -2.39. The van der Waals surface area contributed by atoms with Gasteiger partial charge in [-0.3, -0.25) is 14.9 Å². The van der Waals surface area contributed by atoms with Crippen LogP contribution in [0.4, 0.5) is 30.2 Å². The Morgan fingerprint density at radius 3 is 2.18 bits per heavy atom. The van der Waals surface area contributed by atoms with Crippen LogP contribution in [0.2, 0.25) is 0 Å². The van der Waals surface area contributed by atoms with Crippen molar-refractivity contribution >= 4 is 23.0 Å². The van der Waals surface area contributed by atoms with Crippen LogP contribution in [-0.4, -0.2) is 23.9 Å². The van der Waals surface area contributed by atoms with Crippen molar-refractivity contribution in [3.63, 3.8) is 0 Å². The van der Waals surface area contributed by atoms with Crippen molar-refractivity contribution < 1.29 is 22.9 Å². The molecule has 2 fully saturated rings. The minimum absolute atomic E-state index is 0.0717. The summed E-state index contributed by atoms with van der Waals surface area (Å²) < 4.78 is 40.3. The fourth-order valence-electron chi connectivity index (χ4n) is 4.99. The van der Waals surface area contributed by atoms with Gasteiger partial charge in [-0.05, 0) is 55.9 Å². The van der Waals surface area contributed by atoms with Crippen LogP contribution < -0.4 is 10.2 Å². The highest BCUT2D eigenvalue weighted by molar-refractivity contribution is 6.01. The zero-order valence-corrected chi connectivity index (χ0v) is 18.2. The lowest BCUT2D eigenvalue weighted by molar-refractivity contribution is -0.384. The Hall–Kier alpha value is -3.10. The number of hydrogen-bond donors (Lipinski definition) is 1. The number of hydrogen-bond acceptors (Lipinski definition) is 4. The molecule has 33 heavy (non-hydrogen) atoms. The van der Waals surface area contributed by atoms with Gasteiger partial charge in [0, 0.05) is 25.2 Å². The zero-order valence-electron chi connectivity index (χ0n) is 18.2. The summed E-state index contributed by atoms with van der Waals surface area (Å²) in [5.74, 6) is -0.369. The van der Waals surface area contributed by atoms with E-state index >= 15 is 0 Å². The van der Waals surface area contributed by atoms with Crippen molar-refractivity contribution in [3.8, 4) is 0 Å². The number of nitrogens with one attached hydrogen (secondary N) is 1. The van der Waals surface area contributed by atoms with Gasteiger partial charge in [0.1, 0.15) is 0 Å². The summed E-state index contributed by atoms with van der Waals surface area (Å²) in [5, 5.41) is 13.8. The molecule has 4 rings (SSSR count). The fraction of sp³-hybridized carbons (Fsp3) is 0.458. The third kappa shape index (κ3) is 4.67. The number of halogens is 3. The first-order chi connectivity index (χ1) is 15.7. The Balaban J connectivity index is 1.69. The van der Waals surface area contributed by atoms with Crippen LogP contribution in [0.25, 0.3) is 0 Å². The largest absolute Gasteiger partial charge is 0.416 e. The molecule has 0 unspecified atom stereocenters. The number of amides is 1. The SMILES string of the molecule is O=C(Nc1cc(C(F)(F)F)ccc1N1CCCCC1)C1(c2ccc([N+](=O)[O-])cc2)CCCC1. The van der Waals surface area contributed by atoms with Gasteiger partial charge in [0.15, 0.2) is 0 Å². The van der Waals surface area contributed by atoms with Crippen LogP contribution in [0.15, 0.2) is 42.5 Å². The molecule has 1 amide bonds. The maximum atomic E-state index is 13.6. The van der Waals surface area contributed by atoms with Gasteiger partial charge in [-0.1, -0.05) is 25.0 Å². The number of nitrogens with zero attached hydrogens (tertiary/aromatic N) is 2. The first-order valence-corrected chi connectivity index (χ1v) is 11.2. The van der Waals surface area contributed by atoms with E-state index in [1.807, 2.05) is 4.90 Å². The van der Waals surface area contributed by atoms with Gasteiger partial charge in [0.2, 0.25) is 5.91 Å². The normalized spacial score (nSPS) is 18.2. The molecule has 2 aromatic carbocycles. The smallest absolute Gasteiger partial charge is 0.370 e. The van der Waals surface area contributed by atoms with E-state index in [0.29, 0.717) is 24.1 Å². The van der Waals surface area contributed by atoms with Crippen molar-refractivity contribution in [2.75, 3.05) is 23.3 Å². The Kier molecular flexibility index (Phi) is 6.32. The highest BCUT2D eigenvalue weighted by atomic mass is 19.4. The molecule has 2 aromatic rings. The summed E-state index contributed by atoms with van der Waals surface area (Å²) in [6, 6.07) is 9.41. The fourth-order valence-corrected chi connectivity index (χ4v) is 4.99. The first kappa shape index (κ1) is 23.1. The number of alkyl halides is 3. The monoisotopic (exact) mass is 461 g/mol. The molecule has 1 N–H and O–H groups in total. The molecule has 0 atom stereocenters.